The minimum Gasteiger partial charge on any atom is -0.457 e. The molecule has 1 spiro atoms. The minimum atomic E-state index is -0.615. The molecule has 3 heteroatoms. The molecule has 2 heterocycles. The molecule has 1 aliphatic heterocycles. The van der Waals surface area contributed by atoms with Crippen molar-refractivity contribution < 1.29 is 4.74 Å². The zero-order valence-corrected chi connectivity index (χ0v) is 34.7. The van der Waals surface area contributed by atoms with E-state index in [9.17, 15) is 0 Å². The maximum absolute atomic E-state index is 6.73. The summed E-state index contributed by atoms with van der Waals surface area (Å²) in [4.78, 5) is 2.51. The largest absolute Gasteiger partial charge is 0.457 e. The highest BCUT2D eigenvalue weighted by Gasteiger charge is 2.49. The third-order valence-electron chi connectivity index (χ3n) is 14.0. The quantitative estimate of drug-likeness (QED) is 0.176. The molecule has 0 radical (unpaired) electrons. The molecule has 0 saturated heterocycles. The van der Waals surface area contributed by atoms with E-state index in [2.05, 4.69) is 240 Å². The average Bonchev–Trinajstić information content (AvgIpc) is 3.69. The van der Waals surface area contributed by atoms with Crippen LogP contribution in [0.15, 0.2) is 231 Å². The second-order valence-corrected chi connectivity index (χ2v) is 17.1. The lowest BCUT2D eigenvalue weighted by molar-refractivity contribution is 0.435. The Balaban J connectivity index is 1.10. The summed E-state index contributed by atoms with van der Waals surface area (Å²) in [6.07, 6.45) is 0. The van der Waals surface area contributed by atoms with Gasteiger partial charge >= 0.3 is 0 Å². The molecule has 11 aromatic carbocycles. The topological polar surface area (TPSA) is 17.4 Å². The monoisotopic (exact) mass is 814 g/mol. The number of benzene rings is 11. The number of anilines is 3. The van der Waals surface area contributed by atoms with Gasteiger partial charge in [0, 0.05) is 43.7 Å². The summed E-state index contributed by atoms with van der Waals surface area (Å²) in [5, 5.41) is 9.72. The van der Waals surface area contributed by atoms with Gasteiger partial charge in [-0.25, -0.2) is 0 Å². The standard InChI is InChI=1S/C61H38N2O/c1-3-20-42-39(16-1)18-13-30-53(42)62(41-34-35-46-45-23-6-10-29-55(45)63(57(46)38-41)54-31-14-19-40-17-2-4-21-43(40)54)56-37-36-47-44-22-5-7-25-49(44)61(52-28-15-24-48(56)60(47)52)50-26-8-11-32-58(50)64-59-33-12-9-27-51(59)61/h1-38H. The van der Waals surface area contributed by atoms with E-state index in [4.69, 9.17) is 4.74 Å². The number of hydrogen-bond donors (Lipinski definition) is 0. The van der Waals surface area contributed by atoms with E-state index >= 15 is 0 Å². The Bertz CT molecular complexity index is 3860. The third-order valence-corrected chi connectivity index (χ3v) is 14.0. The predicted octanol–water partition coefficient (Wildman–Crippen LogP) is 16.2. The first-order valence-corrected chi connectivity index (χ1v) is 22.1. The van der Waals surface area contributed by atoms with E-state index in [1.54, 1.807) is 0 Å². The third kappa shape index (κ3) is 4.70. The molecule has 0 fully saturated rings. The smallest absolute Gasteiger partial charge is 0.132 e. The van der Waals surface area contributed by atoms with Crippen LogP contribution in [0.25, 0.3) is 70.9 Å². The van der Waals surface area contributed by atoms with Gasteiger partial charge < -0.3 is 14.2 Å². The van der Waals surface area contributed by atoms with Gasteiger partial charge in [-0.2, -0.15) is 0 Å². The number of aromatic nitrogens is 1. The summed E-state index contributed by atoms with van der Waals surface area (Å²) in [5.41, 5.74) is 13.5. The van der Waals surface area contributed by atoms with Gasteiger partial charge in [0.2, 0.25) is 0 Å². The van der Waals surface area contributed by atoms with E-state index in [1.807, 2.05) is 0 Å². The summed E-state index contributed by atoms with van der Waals surface area (Å²) >= 11 is 0. The lowest BCUT2D eigenvalue weighted by Crippen LogP contribution is -2.36. The molecular weight excluding hydrogens is 777 g/mol. The van der Waals surface area contributed by atoms with Crippen LogP contribution in [0.1, 0.15) is 22.3 Å². The number of hydrogen-bond acceptors (Lipinski definition) is 2. The Labute approximate surface area is 370 Å². The first kappa shape index (κ1) is 35.2. The van der Waals surface area contributed by atoms with E-state index in [0.29, 0.717) is 0 Å². The van der Waals surface area contributed by atoms with Crippen molar-refractivity contribution in [3.05, 3.63) is 253 Å². The molecule has 2 aliphatic rings. The first-order valence-electron chi connectivity index (χ1n) is 22.1. The SMILES string of the molecule is c1ccc2c(c1)Oc1ccccc1C21c2ccccc2-c2ccc(N(c3ccc4c5ccccc5n(-c5cccc6ccccc56)c4c3)c3cccc4ccccc34)c3cccc1c23. The molecule has 64 heavy (non-hydrogen) atoms. The van der Waals surface area contributed by atoms with Crippen molar-refractivity contribution in [2.75, 3.05) is 4.90 Å². The molecule has 0 amide bonds. The molecular formula is C61H38N2O. The summed E-state index contributed by atoms with van der Waals surface area (Å²) in [6.45, 7) is 0. The van der Waals surface area contributed by atoms with Crippen molar-refractivity contribution in [1.82, 2.24) is 4.57 Å². The highest BCUT2D eigenvalue weighted by Crippen LogP contribution is 2.62. The summed E-state index contributed by atoms with van der Waals surface area (Å²) < 4.78 is 9.20. The molecule has 1 aromatic heterocycles. The Kier molecular flexibility index (Phi) is 7.32. The number of ether oxygens (including phenoxy) is 1. The average molecular weight is 815 g/mol. The lowest BCUT2D eigenvalue weighted by atomic mass is 9.58. The zero-order chi connectivity index (χ0) is 41.9. The van der Waals surface area contributed by atoms with Gasteiger partial charge in [-0.3, -0.25) is 0 Å². The molecule has 0 saturated carbocycles. The minimum absolute atomic E-state index is 0.615. The molecule has 0 atom stereocenters. The van der Waals surface area contributed by atoms with Crippen molar-refractivity contribution in [3.8, 4) is 28.3 Å². The van der Waals surface area contributed by atoms with Crippen LogP contribution in [-0.4, -0.2) is 4.57 Å². The Morgan fingerprint density at radius 1 is 0.359 bits per heavy atom. The second-order valence-electron chi connectivity index (χ2n) is 17.1. The van der Waals surface area contributed by atoms with Crippen molar-refractivity contribution in [2.24, 2.45) is 0 Å². The zero-order valence-electron chi connectivity index (χ0n) is 34.7. The summed E-state index contributed by atoms with van der Waals surface area (Å²) in [7, 11) is 0. The summed E-state index contributed by atoms with van der Waals surface area (Å²) in [5.74, 6) is 1.78. The fraction of sp³-hybridized carbons (Fsp3) is 0.0164. The Morgan fingerprint density at radius 3 is 1.73 bits per heavy atom. The van der Waals surface area contributed by atoms with E-state index in [0.717, 1.165) is 45.2 Å². The fourth-order valence-electron chi connectivity index (χ4n) is 11.5. The van der Waals surface area contributed by atoms with Crippen molar-refractivity contribution in [3.63, 3.8) is 0 Å². The van der Waals surface area contributed by atoms with Crippen molar-refractivity contribution >= 4 is 71.2 Å². The van der Waals surface area contributed by atoms with Crippen molar-refractivity contribution in [1.29, 1.82) is 0 Å². The van der Waals surface area contributed by atoms with E-state index < -0.39 is 5.41 Å². The van der Waals surface area contributed by atoms with Crippen LogP contribution < -0.4 is 9.64 Å². The fourth-order valence-corrected chi connectivity index (χ4v) is 11.5. The molecule has 14 rings (SSSR count). The summed E-state index contributed by atoms with van der Waals surface area (Å²) in [6, 6.07) is 84.7. The molecule has 0 N–H and O–H groups in total. The highest BCUT2D eigenvalue weighted by atomic mass is 16.5. The van der Waals surface area contributed by atoms with Crippen molar-refractivity contribution in [2.45, 2.75) is 5.41 Å². The number of para-hydroxylation sites is 3. The molecule has 3 nitrogen and oxygen atoms in total. The number of rotatable bonds is 4. The van der Waals surface area contributed by atoms with Gasteiger partial charge in [-0.1, -0.05) is 182 Å². The van der Waals surface area contributed by atoms with Crippen LogP contribution >= 0.6 is 0 Å². The second kappa shape index (κ2) is 13.3. The first-order chi connectivity index (χ1) is 31.8. The van der Waals surface area contributed by atoms with Crippen LogP contribution in [0, 0.1) is 0 Å². The molecule has 298 valence electrons. The van der Waals surface area contributed by atoms with Crippen LogP contribution in [0.3, 0.4) is 0 Å². The number of nitrogens with zero attached hydrogens (tertiary/aromatic N) is 2. The normalized spacial score (nSPS) is 13.2. The van der Waals surface area contributed by atoms with Crippen LogP contribution in [0.2, 0.25) is 0 Å². The Morgan fingerprint density at radius 2 is 0.922 bits per heavy atom. The molecule has 0 unspecified atom stereocenters. The molecule has 1 aliphatic carbocycles. The molecule has 12 aromatic rings. The van der Waals surface area contributed by atoms with E-state index in [1.165, 1.54) is 76.5 Å². The van der Waals surface area contributed by atoms with Crippen LogP contribution in [0.5, 0.6) is 11.5 Å². The number of fused-ring (bicyclic) bond motifs is 13. The van der Waals surface area contributed by atoms with Crippen LogP contribution in [0.4, 0.5) is 17.1 Å². The van der Waals surface area contributed by atoms with Gasteiger partial charge in [-0.15, -0.1) is 0 Å². The highest BCUT2D eigenvalue weighted by molar-refractivity contribution is 6.15. The van der Waals surface area contributed by atoms with Gasteiger partial charge in [0.25, 0.3) is 0 Å². The molecule has 0 bridgehead atoms. The predicted molar refractivity (Wildman–Crippen MR) is 265 cm³/mol. The maximum atomic E-state index is 6.73. The van der Waals surface area contributed by atoms with E-state index in [-0.39, 0.29) is 0 Å². The van der Waals surface area contributed by atoms with Gasteiger partial charge in [0.15, 0.2) is 0 Å². The van der Waals surface area contributed by atoms with Crippen LogP contribution in [-0.2, 0) is 5.41 Å². The maximum Gasteiger partial charge on any atom is 0.132 e. The van der Waals surface area contributed by atoms with Gasteiger partial charge in [-0.05, 0) is 86.9 Å². The lowest BCUT2D eigenvalue weighted by Gasteiger charge is -2.45. The Hall–Kier alpha value is -8.40. The van der Waals surface area contributed by atoms with Gasteiger partial charge in [0.1, 0.15) is 11.5 Å². The van der Waals surface area contributed by atoms with Gasteiger partial charge in [0.05, 0.1) is 33.5 Å².